The van der Waals surface area contributed by atoms with Gasteiger partial charge in [-0.1, -0.05) is 0 Å². The molecule has 192 valence electrons. The van der Waals surface area contributed by atoms with Crippen LogP contribution in [0.3, 0.4) is 0 Å². The van der Waals surface area contributed by atoms with Crippen molar-refractivity contribution >= 4 is 49.0 Å². The number of carbonyl (C=O) groups is 1. The van der Waals surface area contributed by atoms with Crippen LogP contribution in [0.2, 0.25) is 0 Å². The third kappa shape index (κ3) is 4.80. The summed E-state index contributed by atoms with van der Waals surface area (Å²) in [5, 5.41) is 2.81. The average Bonchev–Trinajstić information content (AvgIpc) is 3.45. The number of nitrogens with zero attached hydrogens (tertiary/aromatic N) is 4. The van der Waals surface area contributed by atoms with E-state index in [-0.39, 0.29) is 32.1 Å². The Hall–Kier alpha value is -3.44. The number of hydrogen-bond donors (Lipinski definition) is 1. The third-order valence-corrected chi connectivity index (χ3v) is 8.65. The Bertz CT molecular complexity index is 1510. The summed E-state index contributed by atoms with van der Waals surface area (Å²) in [6.45, 7) is 5.95. The van der Waals surface area contributed by atoms with Crippen molar-refractivity contribution < 1.29 is 20.5 Å². The van der Waals surface area contributed by atoms with E-state index in [4.69, 9.17) is 0 Å². The maximum atomic E-state index is 13.6. The SMILES string of the molecule is Cc1cc2cc(F)ccc2n1CC(=O)N1CCN(c2ccc(S(=O)(=O)Nc3nccs3)cc2)C[C@H]1C.[HH].[HH]. The number of fused-ring (bicyclic) bond motifs is 1. The lowest BCUT2D eigenvalue weighted by molar-refractivity contribution is -0.134. The predicted molar refractivity (Wildman–Crippen MR) is 144 cm³/mol. The summed E-state index contributed by atoms with van der Waals surface area (Å²) in [7, 11) is -3.70. The van der Waals surface area contributed by atoms with Crippen LogP contribution in [0, 0.1) is 12.7 Å². The minimum Gasteiger partial charge on any atom is -0.368 e. The Labute approximate surface area is 216 Å². The highest BCUT2D eigenvalue weighted by Crippen LogP contribution is 2.25. The second-order valence-electron chi connectivity index (χ2n) is 8.89. The molecule has 1 aliphatic heterocycles. The molecular weight excluding hydrogens is 501 g/mol. The zero-order valence-electron chi connectivity index (χ0n) is 19.9. The molecular formula is C25H30FN5O3S2. The third-order valence-electron chi connectivity index (χ3n) is 6.48. The maximum Gasteiger partial charge on any atom is 0.263 e. The standard InChI is InChI=1S/C25H26FN5O3S2.2H2/c1-17-13-19-14-20(26)3-8-23(19)31(17)16-24(32)30-11-10-29(15-18(30)2)21-4-6-22(7-5-21)36(33,34)28-25-27-9-12-35-25;;/h3-9,12-14,18H,10-11,15-16H2,1-2H3,(H,27,28);2*1H/t18-;;/m1../s1. The molecule has 1 atom stereocenters. The Morgan fingerprint density at radius 1 is 1.19 bits per heavy atom. The summed E-state index contributed by atoms with van der Waals surface area (Å²) >= 11 is 1.22. The fourth-order valence-corrected chi connectivity index (χ4v) is 6.45. The van der Waals surface area contributed by atoms with E-state index < -0.39 is 10.0 Å². The number of carbonyl (C=O) groups excluding carboxylic acids is 1. The number of hydrogen-bond acceptors (Lipinski definition) is 6. The summed E-state index contributed by atoms with van der Waals surface area (Å²) in [4.78, 5) is 21.4. The Morgan fingerprint density at radius 3 is 2.67 bits per heavy atom. The number of amides is 1. The van der Waals surface area contributed by atoms with Gasteiger partial charge in [-0.15, -0.1) is 11.3 Å². The maximum absolute atomic E-state index is 13.6. The number of aryl methyl sites for hydroxylation is 1. The summed E-state index contributed by atoms with van der Waals surface area (Å²) in [5.41, 5.74) is 2.65. The number of sulfonamides is 1. The van der Waals surface area contributed by atoms with Gasteiger partial charge in [0.25, 0.3) is 10.0 Å². The molecule has 2 aromatic heterocycles. The van der Waals surface area contributed by atoms with Gasteiger partial charge in [0.2, 0.25) is 5.91 Å². The van der Waals surface area contributed by atoms with Crippen LogP contribution < -0.4 is 9.62 Å². The minimum atomic E-state index is -3.70. The van der Waals surface area contributed by atoms with Gasteiger partial charge in [-0.25, -0.2) is 17.8 Å². The van der Waals surface area contributed by atoms with Crippen molar-refractivity contribution in [3.05, 3.63) is 71.6 Å². The van der Waals surface area contributed by atoms with Gasteiger partial charge in [-0.05, 0) is 62.4 Å². The van der Waals surface area contributed by atoms with Crippen LogP contribution in [0.25, 0.3) is 10.9 Å². The van der Waals surface area contributed by atoms with E-state index in [2.05, 4.69) is 14.6 Å². The number of halogens is 1. The molecule has 36 heavy (non-hydrogen) atoms. The molecule has 0 unspecified atom stereocenters. The molecule has 3 heterocycles. The highest BCUT2D eigenvalue weighted by atomic mass is 32.2. The normalized spacial score (nSPS) is 16.5. The molecule has 4 aromatic rings. The lowest BCUT2D eigenvalue weighted by Crippen LogP contribution is -2.54. The van der Waals surface area contributed by atoms with E-state index in [0.29, 0.717) is 24.8 Å². The van der Waals surface area contributed by atoms with Gasteiger partial charge < -0.3 is 14.4 Å². The monoisotopic (exact) mass is 531 g/mol. The van der Waals surface area contributed by atoms with Gasteiger partial charge in [-0.2, -0.15) is 0 Å². The van der Waals surface area contributed by atoms with E-state index in [0.717, 1.165) is 22.3 Å². The van der Waals surface area contributed by atoms with E-state index in [1.54, 1.807) is 41.9 Å². The van der Waals surface area contributed by atoms with Crippen molar-refractivity contribution in [2.24, 2.45) is 0 Å². The number of nitrogens with one attached hydrogen (secondary N) is 1. The van der Waals surface area contributed by atoms with Crippen molar-refractivity contribution in [3.8, 4) is 0 Å². The van der Waals surface area contributed by atoms with Gasteiger partial charge in [0, 0.05) is 62.4 Å². The molecule has 8 nitrogen and oxygen atoms in total. The van der Waals surface area contributed by atoms with E-state index in [1.807, 2.05) is 29.4 Å². The molecule has 1 aliphatic rings. The molecule has 11 heteroatoms. The zero-order valence-corrected chi connectivity index (χ0v) is 21.5. The van der Waals surface area contributed by atoms with Gasteiger partial charge in [0.15, 0.2) is 5.13 Å². The highest BCUT2D eigenvalue weighted by molar-refractivity contribution is 7.93. The number of benzene rings is 2. The predicted octanol–water partition coefficient (Wildman–Crippen LogP) is 4.58. The number of thiazole rings is 1. The highest BCUT2D eigenvalue weighted by Gasteiger charge is 2.28. The second kappa shape index (κ2) is 9.55. The molecule has 1 N–H and O–H groups in total. The van der Waals surface area contributed by atoms with Gasteiger partial charge in [-0.3, -0.25) is 9.52 Å². The van der Waals surface area contributed by atoms with Crippen LogP contribution in [0.1, 0.15) is 15.5 Å². The fraction of sp³-hybridized carbons (Fsp3) is 0.280. The van der Waals surface area contributed by atoms with Crippen LogP contribution in [0.15, 0.2) is 65.0 Å². The molecule has 1 saturated heterocycles. The van der Waals surface area contributed by atoms with Crippen molar-refractivity contribution in [1.82, 2.24) is 14.5 Å². The number of rotatable bonds is 6. The summed E-state index contributed by atoms with van der Waals surface area (Å²) < 4.78 is 43.2. The van der Waals surface area contributed by atoms with E-state index >= 15 is 0 Å². The molecule has 0 saturated carbocycles. The largest absolute Gasteiger partial charge is 0.368 e. The topological polar surface area (TPSA) is 87.5 Å². The first kappa shape index (κ1) is 24.3. The first-order valence-electron chi connectivity index (χ1n) is 11.5. The number of piperazine rings is 1. The first-order chi connectivity index (χ1) is 17.2. The van der Waals surface area contributed by atoms with Crippen molar-refractivity contribution in [3.63, 3.8) is 0 Å². The lowest BCUT2D eigenvalue weighted by Gasteiger charge is -2.41. The summed E-state index contributed by atoms with van der Waals surface area (Å²) in [6, 6.07) is 13.2. The smallest absolute Gasteiger partial charge is 0.263 e. The van der Waals surface area contributed by atoms with Crippen LogP contribution >= 0.6 is 11.3 Å². The van der Waals surface area contributed by atoms with Crippen molar-refractivity contribution in [2.75, 3.05) is 29.3 Å². The molecule has 0 spiro atoms. The van der Waals surface area contributed by atoms with Crippen LogP contribution in [0.4, 0.5) is 15.2 Å². The first-order valence-corrected chi connectivity index (χ1v) is 13.9. The molecule has 0 radical (unpaired) electrons. The molecule has 2 aromatic carbocycles. The Kier molecular flexibility index (Phi) is 6.44. The van der Waals surface area contributed by atoms with Gasteiger partial charge >= 0.3 is 0 Å². The molecule has 5 rings (SSSR count). The van der Waals surface area contributed by atoms with Crippen molar-refractivity contribution in [2.45, 2.75) is 31.3 Å². The number of anilines is 2. The molecule has 0 aliphatic carbocycles. The Morgan fingerprint density at radius 2 is 1.97 bits per heavy atom. The molecule has 1 fully saturated rings. The number of aromatic nitrogens is 2. The van der Waals surface area contributed by atoms with E-state index in [9.17, 15) is 17.6 Å². The average molecular weight is 532 g/mol. The van der Waals surface area contributed by atoms with Gasteiger partial charge in [0.1, 0.15) is 12.4 Å². The van der Waals surface area contributed by atoms with E-state index in [1.165, 1.54) is 23.5 Å². The summed E-state index contributed by atoms with van der Waals surface area (Å²) in [6.07, 6.45) is 1.54. The fourth-order valence-electron chi connectivity index (χ4n) is 4.66. The second-order valence-corrected chi connectivity index (χ2v) is 11.5. The Balaban J connectivity index is 0.00000200. The zero-order chi connectivity index (χ0) is 25.4. The van der Waals surface area contributed by atoms with Crippen LogP contribution in [0.5, 0.6) is 0 Å². The summed E-state index contributed by atoms with van der Waals surface area (Å²) in [5.74, 6) is -0.279. The van der Waals surface area contributed by atoms with Gasteiger partial charge in [0.05, 0.1) is 4.90 Å². The quantitative estimate of drug-likeness (QED) is 0.394. The lowest BCUT2D eigenvalue weighted by atomic mass is 10.1. The van der Waals surface area contributed by atoms with Crippen LogP contribution in [-0.4, -0.2) is 54.5 Å². The minimum absolute atomic E-state index is 0. The molecule has 0 bridgehead atoms. The van der Waals surface area contributed by atoms with Crippen LogP contribution in [-0.2, 0) is 21.4 Å². The molecule has 1 amide bonds. The van der Waals surface area contributed by atoms with Crippen molar-refractivity contribution in [1.29, 1.82) is 0 Å².